The molecule has 1 saturated carbocycles. The first-order valence-corrected chi connectivity index (χ1v) is 8.85. The monoisotopic (exact) mass is 345 g/mol. The second kappa shape index (κ2) is 5.88. The molecule has 0 spiro atoms. The van der Waals surface area contributed by atoms with Gasteiger partial charge in [-0.3, -0.25) is 4.98 Å². The van der Waals surface area contributed by atoms with Crippen LogP contribution in [-0.2, 0) is 11.2 Å². The van der Waals surface area contributed by atoms with E-state index >= 15 is 0 Å². The van der Waals surface area contributed by atoms with Crippen LogP contribution >= 0.6 is 0 Å². The lowest BCUT2D eigenvalue weighted by Crippen LogP contribution is -2.59. The molecule has 2 saturated heterocycles. The maximum Gasteiger partial charge on any atom is 0.213 e. The number of hydrogen-bond acceptors (Lipinski definition) is 5. The predicted molar refractivity (Wildman–Crippen MR) is 93.2 cm³/mol. The average molecular weight is 345 g/mol. The number of rotatable bonds is 4. The molecule has 2 aromatic heterocycles. The maximum absolute atomic E-state index is 14.5. The van der Waals surface area contributed by atoms with E-state index in [4.69, 9.17) is 15.2 Å². The molecule has 25 heavy (non-hydrogen) atoms. The molecule has 0 radical (unpaired) electrons. The van der Waals surface area contributed by atoms with Crippen molar-refractivity contribution in [3.8, 4) is 5.88 Å². The molecule has 134 valence electrons. The molecular weight excluding hydrogens is 321 g/mol. The third kappa shape index (κ3) is 2.87. The summed E-state index contributed by atoms with van der Waals surface area (Å²) in [5, 5.41) is 0. The zero-order valence-electron chi connectivity index (χ0n) is 14.8. The van der Waals surface area contributed by atoms with Gasteiger partial charge in [0, 0.05) is 17.2 Å². The molecule has 1 aliphatic carbocycles. The predicted octanol–water partition coefficient (Wildman–Crippen LogP) is 3.06. The summed E-state index contributed by atoms with van der Waals surface area (Å²) in [6.45, 7) is 2.55. The van der Waals surface area contributed by atoms with Crippen LogP contribution in [0.1, 0.15) is 43.2 Å². The molecule has 2 aromatic rings. The first-order chi connectivity index (χ1) is 11.9. The largest absolute Gasteiger partial charge is 0.481 e. The van der Waals surface area contributed by atoms with Gasteiger partial charge in [-0.25, -0.2) is 9.37 Å². The van der Waals surface area contributed by atoms with E-state index in [0.717, 1.165) is 43.2 Å². The second-order valence-electron chi connectivity index (χ2n) is 7.60. The molecule has 3 aliphatic rings. The zero-order chi connectivity index (χ0) is 17.7. The Kier molecular flexibility index (Phi) is 3.92. The Morgan fingerprint density at radius 3 is 2.68 bits per heavy atom. The van der Waals surface area contributed by atoms with Gasteiger partial charge >= 0.3 is 0 Å². The van der Waals surface area contributed by atoms with Crippen LogP contribution in [0.4, 0.5) is 4.39 Å². The van der Waals surface area contributed by atoms with Crippen LogP contribution < -0.4 is 10.5 Å². The summed E-state index contributed by atoms with van der Waals surface area (Å²) in [6.07, 6.45) is 6.51. The highest BCUT2D eigenvalue weighted by Gasteiger charge is 2.47. The van der Waals surface area contributed by atoms with Crippen LogP contribution in [-0.4, -0.2) is 34.8 Å². The van der Waals surface area contributed by atoms with Crippen molar-refractivity contribution in [1.29, 1.82) is 0 Å². The smallest absolute Gasteiger partial charge is 0.213 e. The lowest BCUT2D eigenvalue weighted by molar-refractivity contribution is -0.156. The number of hydrogen-bond donors (Lipinski definition) is 1. The topological polar surface area (TPSA) is 70.3 Å². The van der Waals surface area contributed by atoms with Crippen molar-refractivity contribution in [1.82, 2.24) is 9.97 Å². The van der Waals surface area contributed by atoms with Gasteiger partial charge in [0.25, 0.3) is 0 Å². The third-order valence-corrected chi connectivity index (χ3v) is 5.90. The first-order valence-electron chi connectivity index (χ1n) is 8.85. The summed E-state index contributed by atoms with van der Waals surface area (Å²) in [4.78, 5) is 8.69. The highest BCUT2D eigenvalue weighted by molar-refractivity contribution is 5.81. The Labute approximate surface area is 146 Å². The van der Waals surface area contributed by atoms with Gasteiger partial charge in [-0.2, -0.15) is 0 Å². The summed E-state index contributed by atoms with van der Waals surface area (Å²) in [5.41, 5.74) is 8.82. The summed E-state index contributed by atoms with van der Waals surface area (Å²) >= 11 is 0. The number of nitrogens with zero attached hydrogens (tertiary/aromatic N) is 2. The van der Waals surface area contributed by atoms with E-state index in [1.165, 1.54) is 6.20 Å². The fourth-order valence-electron chi connectivity index (χ4n) is 4.13. The summed E-state index contributed by atoms with van der Waals surface area (Å²) in [6, 6.07) is 1.82. The van der Waals surface area contributed by atoms with Crippen molar-refractivity contribution < 1.29 is 13.9 Å². The van der Waals surface area contributed by atoms with E-state index < -0.39 is 0 Å². The minimum atomic E-state index is -0.316. The van der Waals surface area contributed by atoms with Crippen LogP contribution in [0.2, 0.25) is 0 Å². The maximum atomic E-state index is 14.5. The third-order valence-electron chi connectivity index (χ3n) is 5.90. The number of aryl methyl sites for hydroxylation is 2. The molecule has 5 nitrogen and oxygen atoms in total. The fraction of sp³-hybridized carbons (Fsp3) is 0.579. The molecule has 0 aromatic carbocycles. The number of nitrogens with two attached hydrogens (primary N) is 1. The van der Waals surface area contributed by atoms with Crippen LogP contribution in [0.25, 0.3) is 11.0 Å². The number of fused-ring (bicyclic) bond motifs is 4. The second-order valence-corrected chi connectivity index (χ2v) is 7.60. The number of methoxy groups -OCH3 is 1. The Morgan fingerprint density at radius 2 is 2.04 bits per heavy atom. The number of pyridine rings is 2. The van der Waals surface area contributed by atoms with Crippen molar-refractivity contribution in [2.45, 2.75) is 56.6 Å². The van der Waals surface area contributed by atoms with Crippen molar-refractivity contribution >= 4 is 11.0 Å². The van der Waals surface area contributed by atoms with Gasteiger partial charge in [0.05, 0.1) is 36.5 Å². The van der Waals surface area contributed by atoms with Gasteiger partial charge in [-0.1, -0.05) is 0 Å². The minimum Gasteiger partial charge on any atom is -0.481 e. The summed E-state index contributed by atoms with van der Waals surface area (Å²) < 4.78 is 25.9. The van der Waals surface area contributed by atoms with Crippen LogP contribution in [0.15, 0.2) is 12.3 Å². The standard InChI is InChI=1S/C19H24FN3O2/c1-12-9-15(24-2)23-17-13(14(20)10-22-16(12)17)3-4-19-7-5-18(21,6-8-19)11-25-19/h9-10H,3-8,11,21H2,1-2H3. The minimum absolute atomic E-state index is 0.150. The van der Waals surface area contributed by atoms with Crippen LogP contribution in [0.5, 0.6) is 5.88 Å². The highest BCUT2D eigenvalue weighted by Crippen LogP contribution is 2.45. The molecule has 2 N–H and O–H groups in total. The van der Waals surface area contributed by atoms with Crippen LogP contribution in [0.3, 0.4) is 0 Å². The zero-order valence-corrected chi connectivity index (χ0v) is 14.8. The van der Waals surface area contributed by atoms with Crippen molar-refractivity contribution in [3.63, 3.8) is 0 Å². The van der Waals surface area contributed by atoms with Gasteiger partial charge in [0.2, 0.25) is 5.88 Å². The molecule has 3 fully saturated rings. The van der Waals surface area contributed by atoms with Gasteiger partial charge in [-0.15, -0.1) is 0 Å². The molecule has 0 amide bonds. The fourth-order valence-corrected chi connectivity index (χ4v) is 4.13. The molecule has 5 rings (SSSR count). The van der Waals surface area contributed by atoms with Gasteiger partial charge in [0.1, 0.15) is 5.82 Å². The molecule has 0 unspecified atom stereocenters. The molecule has 6 heteroatoms. The average Bonchev–Trinajstić information content (AvgIpc) is 2.62. The SMILES string of the molecule is COc1cc(C)c2ncc(F)c(CCC34CCC(N)(CC3)CO4)c2n1. The Balaban J connectivity index is 1.65. The lowest BCUT2D eigenvalue weighted by atomic mass is 9.70. The Bertz CT molecular complexity index is 799. The van der Waals surface area contributed by atoms with Crippen molar-refractivity contribution in [3.05, 3.63) is 29.2 Å². The Morgan fingerprint density at radius 1 is 1.28 bits per heavy atom. The summed E-state index contributed by atoms with van der Waals surface area (Å²) in [7, 11) is 1.57. The lowest BCUT2D eigenvalue weighted by Gasteiger charge is -2.51. The number of ether oxygens (including phenoxy) is 2. The van der Waals surface area contributed by atoms with Gasteiger partial charge in [-0.05, 0) is 51.0 Å². The highest BCUT2D eigenvalue weighted by atomic mass is 19.1. The van der Waals surface area contributed by atoms with Gasteiger partial charge in [0.15, 0.2) is 0 Å². The van der Waals surface area contributed by atoms with E-state index in [1.54, 1.807) is 7.11 Å². The first kappa shape index (κ1) is 16.7. The quantitative estimate of drug-likeness (QED) is 0.922. The van der Waals surface area contributed by atoms with Gasteiger partial charge < -0.3 is 15.2 Å². The Hall–Kier alpha value is -1.79. The van der Waals surface area contributed by atoms with Crippen molar-refractivity contribution in [2.75, 3.05) is 13.7 Å². The van der Waals surface area contributed by atoms with E-state index in [0.29, 0.717) is 30.0 Å². The molecule has 2 aliphatic heterocycles. The molecule has 0 atom stereocenters. The van der Waals surface area contributed by atoms with Crippen LogP contribution in [0, 0.1) is 12.7 Å². The molecule has 2 bridgehead atoms. The van der Waals surface area contributed by atoms with E-state index in [9.17, 15) is 4.39 Å². The normalized spacial score (nSPS) is 28.5. The van der Waals surface area contributed by atoms with E-state index in [-0.39, 0.29) is 17.0 Å². The van der Waals surface area contributed by atoms with E-state index in [1.807, 2.05) is 13.0 Å². The van der Waals surface area contributed by atoms with E-state index in [2.05, 4.69) is 9.97 Å². The molecule has 4 heterocycles. The summed E-state index contributed by atoms with van der Waals surface area (Å²) in [5.74, 6) is 0.167. The number of aromatic nitrogens is 2. The van der Waals surface area contributed by atoms with Crippen molar-refractivity contribution in [2.24, 2.45) is 5.73 Å². The molecular formula is C19H24FN3O2. The number of halogens is 1.